The third-order valence-electron chi connectivity index (χ3n) is 4.95. The fourth-order valence-electron chi connectivity index (χ4n) is 3.78. The van der Waals surface area contributed by atoms with Gasteiger partial charge in [0.2, 0.25) is 0 Å². The van der Waals surface area contributed by atoms with Crippen molar-refractivity contribution < 1.29 is 4.74 Å². The van der Waals surface area contributed by atoms with Crippen LogP contribution in [0, 0.1) is 11.8 Å². The zero-order valence-electron chi connectivity index (χ0n) is 13.6. The van der Waals surface area contributed by atoms with Crippen LogP contribution in [-0.4, -0.2) is 54.8 Å². The molecule has 0 aromatic carbocycles. The first kappa shape index (κ1) is 15.7. The van der Waals surface area contributed by atoms with Crippen molar-refractivity contribution in [1.82, 2.24) is 14.9 Å². The molecule has 2 saturated heterocycles. The summed E-state index contributed by atoms with van der Waals surface area (Å²) < 4.78 is 5.47. The zero-order chi connectivity index (χ0) is 15.2. The van der Waals surface area contributed by atoms with E-state index in [0.29, 0.717) is 5.92 Å². The summed E-state index contributed by atoms with van der Waals surface area (Å²) in [6, 6.07) is 0. The highest BCUT2D eigenvalue weighted by atomic mass is 16.5. The van der Waals surface area contributed by atoms with Crippen LogP contribution in [0.3, 0.4) is 0 Å². The second-order valence-electron chi connectivity index (χ2n) is 6.63. The van der Waals surface area contributed by atoms with Crippen molar-refractivity contribution >= 4 is 5.82 Å². The Morgan fingerprint density at radius 2 is 2.00 bits per heavy atom. The molecule has 1 N–H and O–H groups in total. The molecule has 122 valence electrons. The molecule has 0 saturated carbocycles. The molecule has 0 amide bonds. The van der Waals surface area contributed by atoms with Gasteiger partial charge in [-0.05, 0) is 50.5 Å². The molecule has 0 unspecified atom stereocenters. The minimum atomic E-state index is 0.706. The standard InChI is InChI=1S/C17H28N4O/c1-18-17-16(19-6-7-20-17)11-15-3-2-8-21(13-15)12-14-4-9-22-10-5-14/h6-7,14-15H,2-5,8-13H2,1H3,(H,18,20)/t15-/m1/s1. The lowest BCUT2D eigenvalue weighted by atomic mass is 9.91. The van der Waals surface area contributed by atoms with Gasteiger partial charge in [0.15, 0.2) is 0 Å². The van der Waals surface area contributed by atoms with Gasteiger partial charge in [0, 0.05) is 45.7 Å². The van der Waals surface area contributed by atoms with Gasteiger partial charge >= 0.3 is 0 Å². The molecular formula is C17H28N4O. The van der Waals surface area contributed by atoms with Crippen LogP contribution in [0.1, 0.15) is 31.4 Å². The van der Waals surface area contributed by atoms with Crippen molar-refractivity contribution in [3.8, 4) is 0 Å². The average Bonchev–Trinajstić information content (AvgIpc) is 2.57. The summed E-state index contributed by atoms with van der Waals surface area (Å²) in [5.74, 6) is 2.47. The highest BCUT2D eigenvalue weighted by Gasteiger charge is 2.24. The summed E-state index contributed by atoms with van der Waals surface area (Å²) in [6.45, 7) is 5.61. The molecule has 2 aliphatic rings. The van der Waals surface area contributed by atoms with Gasteiger partial charge in [-0.2, -0.15) is 0 Å². The molecule has 3 heterocycles. The number of rotatable bonds is 5. The fraction of sp³-hybridized carbons (Fsp3) is 0.765. The second-order valence-corrected chi connectivity index (χ2v) is 6.63. The molecule has 1 aromatic heterocycles. The Morgan fingerprint density at radius 3 is 2.82 bits per heavy atom. The predicted molar refractivity (Wildman–Crippen MR) is 88.0 cm³/mol. The van der Waals surface area contributed by atoms with Gasteiger partial charge in [-0.25, -0.2) is 4.98 Å². The molecule has 1 aromatic rings. The Kier molecular flexibility index (Phi) is 5.62. The summed E-state index contributed by atoms with van der Waals surface area (Å²) in [5.41, 5.74) is 1.11. The Labute approximate surface area is 133 Å². The van der Waals surface area contributed by atoms with E-state index in [2.05, 4.69) is 20.2 Å². The molecule has 2 aliphatic heterocycles. The van der Waals surface area contributed by atoms with E-state index in [0.717, 1.165) is 37.1 Å². The van der Waals surface area contributed by atoms with Crippen LogP contribution in [0.4, 0.5) is 5.82 Å². The van der Waals surface area contributed by atoms with Gasteiger partial charge < -0.3 is 15.0 Å². The number of ether oxygens (including phenoxy) is 1. The van der Waals surface area contributed by atoms with Crippen molar-refractivity contribution in [2.75, 3.05) is 45.2 Å². The molecule has 0 aliphatic carbocycles. The third-order valence-corrected chi connectivity index (χ3v) is 4.95. The highest BCUT2D eigenvalue weighted by molar-refractivity contribution is 5.38. The normalized spacial score (nSPS) is 24.3. The van der Waals surface area contributed by atoms with Crippen LogP contribution in [0.15, 0.2) is 12.4 Å². The van der Waals surface area contributed by atoms with Gasteiger partial charge in [-0.15, -0.1) is 0 Å². The van der Waals surface area contributed by atoms with E-state index in [1.807, 2.05) is 7.05 Å². The molecule has 2 fully saturated rings. The largest absolute Gasteiger partial charge is 0.381 e. The van der Waals surface area contributed by atoms with Crippen molar-refractivity contribution in [3.05, 3.63) is 18.1 Å². The van der Waals surface area contributed by atoms with E-state index < -0.39 is 0 Å². The number of hydrogen-bond acceptors (Lipinski definition) is 5. The summed E-state index contributed by atoms with van der Waals surface area (Å²) in [7, 11) is 1.92. The van der Waals surface area contributed by atoms with Crippen LogP contribution in [0.2, 0.25) is 0 Å². The molecule has 22 heavy (non-hydrogen) atoms. The Hall–Kier alpha value is -1.20. The number of likely N-dealkylation sites (tertiary alicyclic amines) is 1. The smallest absolute Gasteiger partial charge is 0.147 e. The molecule has 5 heteroatoms. The maximum absolute atomic E-state index is 5.47. The van der Waals surface area contributed by atoms with E-state index in [9.17, 15) is 0 Å². The van der Waals surface area contributed by atoms with E-state index in [4.69, 9.17) is 4.74 Å². The molecule has 3 rings (SSSR count). The van der Waals surface area contributed by atoms with Crippen LogP contribution in [0.25, 0.3) is 0 Å². The quantitative estimate of drug-likeness (QED) is 0.904. The third kappa shape index (κ3) is 4.17. The fourth-order valence-corrected chi connectivity index (χ4v) is 3.78. The topological polar surface area (TPSA) is 50.3 Å². The maximum atomic E-state index is 5.47. The van der Waals surface area contributed by atoms with Gasteiger partial charge in [-0.1, -0.05) is 0 Å². The molecule has 0 radical (unpaired) electrons. The second kappa shape index (κ2) is 7.88. The SMILES string of the molecule is CNc1nccnc1C[C@H]1CCCN(CC2CCOCC2)C1. The summed E-state index contributed by atoms with van der Waals surface area (Å²) in [4.78, 5) is 11.6. The lowest BCUT2D eigenvalue weighted by Crippen LogP contribution is -2.40. The first-order valence-electron chi connectivity index (χ1n) is 8.63. The van der Waals surface area contributed by atoms with E-state index in [1.54, 1.807) is 12.4 Å². The summed E-state index contributed by atoms with van der Waals surface area (Å²) in [5, 5.41) is 3.16. The minimum Gasteiger partial charge on any atom is -0.381 e. The maximum Gasteiger partial charge on any atom is 0.147 e. The van der Waals surface area contributed by atoms with E-state index >= 15 is 0 Å². The van der Waals surface area contributed by atoms with Crippen molar-refractivity contribution in [2.45, 2.75) is 32.1 Å². The monoisotopic (exact) mass is 304 g/mol. The number of anilines is 1. The molecule has 0 spiro atoms. The van der Waals surface area contributed by atoms with Crippen molar-refractivity contribution in [3.63, 3.8) is 0 Å². The Morgan fingerprint density at radius 1 is 1.18 bits per heavy atom. The number of piperidine rings is 1. The van der Waals surface area contributed by atoms with Crippen molar-refractivity contribution in [1.29, 1.82) is 0 Å². The lowest BCUT2D eigenvalue weighted by Gasteiger charge is -2.36. The molecule has 0 bridgehead atoms. The first-order chi connectivity index (χ1) is 10.8. The van der Waals surface area contributed by atoms with Gasteiger partial charge in [0.25, 0.3) is 0 Å². The average molecular weight is 304 g/mol. The van der Waals surface area contributed by atoms with Crippen LogP contribution >= 0.6 is 0 Å². The van der Waals surface area contributed by atoms with Crippen LogP contribution in [-0.2, 0) is 11.2 Å². The number of hydrogen-bond donors (Lipinski definition) is 1. The van der Waals surface area contributed by atoms with Crippen LogP contribution < -0.4 is 5.32 Å². The molecule has 1 atom stereocenters. The van der Waals surface area contributed by atoms with E-state index in [1.165, 1.54) is 45.3 Å². The lowest BCUT2D eigenvalue weighted by molar-refractivity contribution is 0.0452. The van der Waals surface area contributed by atoms with Gasteiger partial charge in [-0.3, -0.25) is 4.98 Å². The number of nitrogens with zero attached hydrogens (tertiary/aromatic N) is 3. The van der Waals surface area contributed by atoms with Gasteiger partial charge in [0.05, 0.1) is 5.69 Å². The van der Waals surface area contributed by atoms with Crippen molar-refractivity contribution in [2.24, 2.45) is 11.8 Å². The minimum absolute atomic E-state index is 0.706. The Bertz CT molecular complexity index is 462. The summed E-state index contributed by atoms with van der Waals surface area (Å²) in [6.07, 6.45) is 9.68. The van der Waals surface area contributed by atoms with Crippen LogP contribution in [0.5, 0.6) is 0 Å². The number of aromatic nitrogens is 2. The first-order valence-corrected chi connectivity index (χ1v) is 8.63. The molecule has 5 nitrogen and oxygen atoms in total. The Balaban J connectivity index is 1.53. The molecular weight excluding hydrogens is 276 g/mol. The van der Waals surface area contributed by atoms with E-state index in [-0.39, 0.29) is 0 Å². The predicted octanol–water partition coefficient (Wildman–Crippen LogP) is 2.20. The highest BCUT2D eigenvalue weighted by Crippen LogP contribution is 2.24. The number of nitrogens with one attached hydrogen (secondary N) is 1. The summed E-state index contributed by atoms with van der Waals surface area (Å²) >= 11 is 0. The van der Waals surface area contributed by atoms with Gasteiger partial charge in [0.1, 0.15) is 5.82 Å². The zero-order valence-corrected chi connectivity index (χ0v) is 13.6.